The Bertz CT molecular complexity index is 997. The molecule has 1 N–H and O–H groups in total. The van der Waals surface area contributed by atoms with E-state index in [1.807, 2.05) is 19.9 Å². The maximum atomic E-state index is 12.2. The van der Waals surface area contributed by atoms with Crippen LogP contribution >= 0.6 is 0 Å². The molecule has 0 atom stereocenters. The van der Waals surface area contributed by atoms with Gasteiger partial charge in [0, 0.05) is 6.54 Å². The van der Waals surface area contributed by atoms with Gasteiger partial charge in [0.15, 0.2) is 6.61 Å². The first-order chi connectivity index (χ1) is 13.0. The average molecular weight is 368 g/mol. The zero-order valence-corrected chi connectivity index (χ0v) is 15.4. The number of carbonyl (C=O) groups is 2. The van der Waals surface area contributed by atoms with Crippen molar-refractivity contribution in [2.24, 2.45) is 0 Å². The number of esters is 1. The highest BCUT2D eigenvalue weighted by Crippen LogP contribution is 2.25. The van der Waals surface area contributed by atoms with Crippen molar-refractivity contribution in [3.05, 3.63) is 47.5 Å². The third-order valence-electron chi connectivity index (χ3n) is 4.01. The zero-order chi connectivity index (χ0) is 19.4. The predicted molar refractivity (Wildman–Crippen MR) is 99.8 cm³/mol. The molecule has 0 aliphatic carbocycles. The van der Waals surface area contributed by atoms with E-state index < -0.39 is 18.5 Å². The number of fused-ring (bicyclic) bond motifs is 1. The summed E-state index contributed by atoms with van der Waals surface area (Å²) in [4.78, 5) is 24.3. The van der Waals surface area contributed by atoms with Gasteiger partial charge < -0.3 is 14.8 Å². The summed E-state index contributed by atoms with van der Waals surface area (Å²) in [5, 5.41) is 10.7. The number of rotatable bonds is 6. The van der Waals surface area contributed by atoms with E-state index in [1.165, 1.54) is 7.11 Å². The Kier molecular flexibility index (Phi) is 5.35. The van der Waals surface area contributed by atoms with Crippen LogP contribution in [-0.2, 0) is 16.1 Å². The number of amides is 1. The molecular formula is C19H20N4O4. The number of anilines is 1. The van der Waals surface area contributed by atoms with Crippen LogP contribution in [0.3, 0.4) is 0 Å². The van der Waals surface area contributed by atoms with E-state index in [0.717, 1.165) is 11.1 Å². The van der Waals surface area contributed by atoms with E-state index in [9.17, 15) is 9.59 Å². The van der Waals surface area contributed by atoms with Gasteiger partial charge >= 0.3 is 5.97 Å². The summed E-state index contributed by atoms with van der Waals surface area (Å²) >= 11 is 0. The molecule has 1 heterocycles. The van der Waals surface area contributed by atoms with Crippen LogP contribution in [0, 0.1) is 6.92 Å². The topological polar surface area (TPSA) is 95.3 Å². The molecule has 2 aromatic carbocycles. The number of ether oxygens (including phenoxy) is 2. The van der Waals surface area contributed by atoms with Crippen molar-refractivity contribution in [1.82, 2.24) is 15.0 Å². The number of nitrogens with zero attached hydrogens (tertiary/aromatic N) is 3. The van der Waals surface area contributed by atoms with Crippen LogP contribution in [0.1, 0.15) is 22.8 Å². The van der Waals surface area contributed by atoms with E-state index in [4.69, 9.17) is 9.47 Å². The van der Waals surface area contributed by atoms with Crippen molar-refractivity contribution in [1.29, 1.82) is 0 Å². The Labute approximate surface area is 156 Å². The first-order valence-electron chi connectivity index (χ1n) is 8.46. The zero-order valence-electron chi connectivity index (χ0n) is 15.4. The molecule has 8 heteroatoms. The van der Waals surface area contributed by atoms with Gasteiger partial charge in [-0.1, -0.05) is 11.3 Å². The molecule has 1 amide bonds. The van der Waals surface area contributed by atoms with Gasteiger partial charge in [-0.15, -0.1) is 5.10 Å². The number of hydrogen-bond acceptors (Lipinski definition) is 6. The Hall–Kier alpha value is -3.42. The molecule has 3 aromatic rings. The SMILES string of the molecule is CCn1nnc2cc(C(=O)OCC(=O)Nc3cc(C)ccc3OC)ccc21. The fraction of sp³-hybridized carbons (Fsp3) is 0.263. The molecule has 0 aliphatic rings. The highest BCUT2D eigenvalue weighted by atomic mass is 16.5. The van der Waals surface area contributed by atoms with Crippen molar-refractivity contribution < 1.29 is 19.1 Å². The summed E-state index contributed by atoms with van der Waals surface area (Å²) in [6.07, 6.45) is 0. The van der Waals surface area contributed by atoms with Crippen molar-refractivity contribution in [3.8, 4) is 5.75 Å². The summed E-state index contributed by atoms with van der Waals surface area (Å²) in [5.74, 6) is -0.524. The lowest BCUT2D eigenvalue weighted by Crippen LogP contribution is -2.21. The molecule has 0 aliphatic heterocycles. The fourth-order valence-electron chi connectivity index (χ4n) is 2.65. The number of benzene rings is 2. The quantitative estimate of drug-likeness (QED) is 0.672. The average Bonchev–Trinajstić information content (AvgIpc) is 3.08. The molecule has 0 saturated heterocycles. The lowest BCUT2D eigenvalue weighted by Gasteiger charge is -2.11. The normalized spacial score (nSPS) is 10.6. The standard InChI is InChI=1S/C19H20N4O4/c1-4-23-16-7-6-13(10-14(16)21-22-23)19(25)27-11-18(24)20-15-9-12(2)5-8-17(15)26-3/h5-10H,4,11H2,1-3H3,(H,20,24). The highest BCUT2D eigenvalue weighted by molar-refractivity contribution is 5.97. The third-order valence-corrected chi connectivity index (χ3v) is 4.01. The van der Waals surface area contributed by atoms with Crippen LogP contribution in [-0.4, -0.2) is 40.6 Å². The molecule has 0 radical (unpaired) electrons. The summed E-state index contributed by atoms with van der Waals surface area (Å²) in [5.41, 5.74) is 3.23. The number of carbonyl (C=O) groups excluding carboxylic acids is 2. The lowest BCUT2D eigenvalue weighted by atomic mass is 10.2. The van der Waals surface area contributed by atoms with Gasteiger partial charge in [-0.25, -0.2) is 9.48 Å². The van der Waals surface area contributed by atoms with E-state index in [2.05, 4.69) is 15.6 Å². The summed E-state index contributed by atoms with van der Waals surface area (Å²) in [6.45, 7) is 4.14. The minimum atomic E-state index is -0.602. The molecule has 0 spiro atoms. The Balaban J connectivity index is 1.63. The van der Waals surface area contributed by atoms with Crippen molar-refractivity contribution in [2.45, 2.75) is 20.4 Å². The molecule has 27 heavy (non-hydrogen) atoms. The summed E-state index contributed by atoms with van der Waals surface area (Å²) in [7, 11) is 1.52. The smallest absolute Gasteiger partial charge is 0.338 e. The number of hydrogen-bond donors (Lipinski definition) is 1. The summed E-state index contributed by atoms with van der Waals surface area (Å²) < 4.78 is 12.0. The Morgan fingerprint density at radius 3 is 2.74 bits per heavy atom. The molecule has 1 aromatic heterocycles. The molecule has 0 saturated carbocycles. The fourth-order valence-corrected chi connectivity index (χ4v) is 2.65. The van der Waals surface area contributed by atoms with Crippen molar-refractivity contribution >= 4 is 28.6 Å². The summed E-state index contributed by atoms with van der Waals surface area (Å²) in [6, 6.07) is 10.4. The molecule has 140 valence electrons. The Morgan fingerprint density at radius 1 is 1.19 bits per heavy atom. The van der Waals surface area contributed by atoms with Gasteiger partial charge in [-0.2, -0.15) is 0 Å². The van der Waals surface area contributed by atoms with E-state index in [-0.39, 0.29) is 0 Å². The largest absolute Gasteiger partial charge is 0.495 e. The van der Waals surface area contributed by atoms with Gasteiger partial charge in [0.1, 0.15) is 11.3 Å². The van der Waals surface area contributed by atoms with Gasteiger partial charge in [-0.05, 0) is 49.7 Å². The molecule has 3 rings (SSSR count). The Morgan fingerprint density at radius 2 is 2.00 bits per heavy atom. The molecule has 0 fully saturated rings. The molecule has 0 unspecified atom stereocenters. The third kappa shape index (κ3) is 4.05. The second kappa shape index (κ2) is 7.86. The minimum absolute atomic E-state index is 0.312. The number of aryl methyl sites for hydroxylation is 2. The predicted octanol–water partition coefficient (Wildman–Crippen LogP) is 2.56. The van der Waals surface area contributed by atoms with E-state index in [1.54, 1.807) is 35.0 Å². The van der Waals surface area contributed by atoms with Crippen LogP contribution < -0.4 is 10.1 Å². The number of methoxy groups -OCH3 is 1. The highest BCUT2D eigenvalue weighted by Gasteiger charge is 2.14. The minimum Gasteiger partial charge on any atom is -0.495 e. The van der Waals surface area contributed by atoms with Crippen LogP contribution in [0.25, 0.3) is 11.0 Å². The first kappa shape index (κ1) is 18.4. The molecular weight excluding hydrogens is 348 g/mol. The van der Waals surface area contributed by atoms with Crippen LogP contribution in [0.4, 0.5) is 5.69 Å². The van der Waals surface area contributed by atoms with Crippen LogP contribution in [0.2, 0.25) is 0 Å². The maximum absolute atomic E-state index is 12.2. The van der Waals surface area contributed by atoms with Gasteiger partial charge in [0.2, 0.25) is 0 Å². The van der Waals surface area contributed by atoms with Crippen molar-refractivity contribution in [2.75, 3.05) is 19.0 Å². The van der Waals surface area contributed by atoms with Crippen LogP contribution in [0.15, 0.2) is 36.4 Å². The van der Waals surface area contributed by atoms with Gasteiger partial charge in [0.05, 0.1) is 23.9 Å². The number of nitrogens with one attached hydrogen (secondary N) is 1. The maximum Gasteiger partial charge on any atom is 0.338 e. The van der Waals surface area contributed by atoms with Gasteiger partial charge in [0.25, 0.3) is 5.91 Å². The number of aromatic nitrogens is 3. The van der Waals surface area contributed by atoms with E-state index >= 15 is 0 Å². The van der Waals surface area contributed by atoms with E-state index in [0.29, 0.717) is 29.1 Å². The molecule has 8 nitrogen and oxygen atoms in total. The van der Waals surface area contributed by atoms with Crippen LogP contribution in [0.5, 0.6) is 5.75 Å². The monoisotopic (exact) mass is 368 g/mol. The molecule has 0 bridgehead atoms. The van der Waals surface area contributed by atoms with Gasteiger partial charge in [-0.3, -0.25) is 4.79 Å². The lowest BCUT2D eigenvalue weighted by molar-refractivity contribution is -0.119. The second-order valence-electron chi connectivity index (χ2n) is 5.94. The van der Waals surface area contributed by atoms with Crippen molar-refractivity contribution in [3.63, 3.8) is 0 Å². The second-order valence-corrected chi connectivity index (χ2v) is 5.94. The first-order valence-corrected chi connectivity index (χ1v) is 8.46.